The van der Waals surface area contributed by atoms with Crippen LogP contribution >= 0.6 is 11.6 Å². The van der Waals surface area contributed by atoms with Gasteiger partial charge in [-0.25, -0.2) is 4.63 Å². The van der Waals surface area contributed by atoms with E-state index < -0.39 is 12.0 Å². The van der Waals surface area contributed by atoms with Gasteiger partial charge in [-0.15, -0.1) is 0 Å². The number of carbonyl (C=O) groups is 1. The van der Waals surface area contributed by atoms with Crippen LogP contribution in [-0.2, 0) is 4.79 Å². The Bertz CT molecular complexity index is 1040. The number of methoxy groups -OCH3 is 2. The van der Waals surface area contributed by atoms with Crippen molar-refractivity contribution >= 4 is 23.3 Å². The van der Waals surface area contributed by atoms with E-state index >= 15 is 0 Å². The summed E-state index contributed by atoms with van der Waals surface area (Å²) in [5.74, 6) is 1.40. The van der Waals surface area contributed by atoms with Gasteiger partial charge in [-0.1, -0.05) is 11.6 Å². The summed E-state index contributed by atoms with van der Waals surface area (Å²) < 4.78 is 21.1. The lowest BCUT2D eigenvalue weighted by atomic mass is 10.1. The fourth-order valence-electron chi connectivity index (χ4n) is 2.89. The van der Waals surface area contributed by atoms with E-state index in [1.165, 1.54) is 7.11 Å². The van der Waals surface area contributed by atoms with Crippen molar-refractivity contribution in [3.05, 3.63) is 46.5 Å². The number of aromatic nitrogens is 2. The molecule has 8 nitrogen and oxygen atoms in total. The molecule has 0 radical (unpaired) electrons. The maximum Gasteiger partial charge on any atom is 0.266 e. The Morgan fingerprint density at radius 2 is 1.73 bits per heavy atom. The zero-order valence-corrected chi connectivity index (χ0v) is 18.0. The predicted octanol–water partition coefficient (Wildman–Crippen LogP) is 4.43. The van der Waals surface area contributed by atoms with E-state index in [0.29, 0.717) is 33.5 Å². The number of hydrogen-bond donors (Lipinski definition) is 1. The average molecular weight is 432 g/mol. The van der Waals surface area contributed by atoms with Gasteiger partial charge in [-0.05, 0) is 72.5 Å². The quantitative estimate of drug-likeness (QED) is 0.591. The maximum atomic E-state index is 12.6. The van der Waals surface area contributed by atoms with Gasteiger partial charge in [-0.3, -0.25) is 4.79 Å². The van der Waals surface area contributed by atoms with Crippen molar-refractivity contribution in [2.75, 3.05) is 19.5 Å². The molecule has 2 aromatic carbocycles. The molecule has 9 heteroatoms. The van der Waals surface area contributed by atoms with Gasteiger partial charge >= 0.3 is 0 Å². The molecular weight excluding hydrogens is 410 g/mol. The highest BCUT2D eigenvalue weighted by Crippen LogP contribution is 2.34. The van der Waals surface area contributed by atoms with Crippen LogP contribution in [0, 0.1) is 13.8 Å². The Labute approximate surface area is 179 Å². The zero-order chi connectivity index (χ0) is 21.8. The molecule has 0 aliphatic carbocycles. The number of carbonyl (C=O) groups excluding carboxylic acids is 1. The number of rotatable bonds is 7. The molecule has 1 N–H and O–H groups in total. The number of aryl methyl sites for hydroxylation is 2. The summed E-state index contributed by atoms with van der Waals surface area (Å²) in [7, 11) is 3.08. The molecule has 1 heterocycles. The molecule has 3 aromatic rings. The molecule has 0 saturated heterocycles. The number of benzene rings is 2. The lowest BCUT2D eigenvalue weighted by molar-refractivity contribution is -0.122. The van der Waals surface area contributed by atoms with Crippen molar-refractivity contribution in [1.29, 1.82) is 0 Å². The molecule has 0 fully saturated rings. The largest absolute Gasteiger partial charge is 0.493 e. The van der Waals surface area contributed by atoms with E-state index in [-0.39, 0.29) is 5.82 Å². The number of nitrogens with zero attached hydrogens (tertiary/aromatic N) is 2. The van der Waals surface area contributed by atoms with E-state index in [2.05, 4.69) is 15.6 Å². The third-order valence-corrected chi connectivity index (χ3v) is 5.08. The molecule has 0 saturated carbocycles. The first-order chi connectivity index (χ1) is 14.3. The molecule has 0 unspecified atom stereocenters. The van der Waals surface area contributed by atoms with Crippen molar-refractivity contribution < 1.29 is 23.6 Å². The lowest BCUT2D eigenvalue weighted by Crippen LogP contribution is -2.30. The number of amides is 1. The summed E-state index contributed by atoms with van der Waals surface area (Å²) in [6, 6.07) is 8.77. The fraction of sp³-hybridized carbons (Fsp3) is 0.286. The lowest BCUT2D eigenvalue weighted by Gasteiger charge is -2.15. The van der Waals surface area contributed by atoms with E-state index in [1.807, 2.05) is 13.8 Å². The number of nitrogens with one attached hydrogen (secondary N) is 1. The van der Waals surface area contributed by atoms with Gasteiger partial charge in [0.1, 0.15) is 5.75 Å². The topological polar surface area (TPSA) is 95.7 Å². The second kappa shape index (κ2) is 9.04. The van der Waals surface area contributed by atoms with E-state index in [4.69, 9.17) is 30.4 Å². The third kappa shape index (κ3) is 4.49. The molecule has 1 aromatic heterocycles. The summed E-state index contributed by atoms with van der Waals surface area (Å²) in [5.41, 5.74) is 2.74. The highest BCUT2D eigenvalue weighted by atomic mass is 35.5. The van der Waals surface area contributed by atoms with E-state index in [9.17, 15) is 4.79 Å². The monoisotopic (exact) mass is 431 g/mol. The number of hydrogen-bond acceptors (Lipinski definition) is 7. The van der Waals surface area contributed by atoms with Crippen molar-refractivity contribution in [1.82, 2.24) is 10.3 Å². The van der Waals surface area contributed by atoms with Crippen LogP contribution in [0.25, 0.3) is 11.3 Å². The summed E-state index contributed by atoms with van der Waals surface area (Å²) in [5, 5.41) is 11.1. The summed E-state index contributed by atoms with van der Waals surface area (Å²) >= 11 is 6.18. The number of halogens is 1. The highest BCUT2D eigenvalue weighted by Gasteiger charge is 2.21. The Hall–Kier alpha value is -3.26. The van der Waals surface area contributed by atoms with Crippen LogP contribution in [0.3, 0.4) is 0 Å². The Kier molecular flexibility index (Phi) is 6.47. The van der Waals surface area contributed by atoms with Crippen LogP contribution in [0.4, 0.5) is 5.82 Å². The van der Waals surface area contributed by atoms with Gasteiger partial charge in [0.2, 0.25) is 5.82 Å². The summed E-state index contributed by atoms with van der Waals surface area (Å²) in [6.45, 7) is 5.39. The normalized spacial score (nSPS) is 11.7. The molecular formula is C21H22ClN3O5. The zero-order valence-electron chi connectivity index (χ0n) is 17.3. The Morgan fingerprint density at radius 3 is 2.37 bits per heavy atom. The van der Waals surface area contributed by atoms with Crippen molar-refractivity contribution in [3.8, 4) is 28.5 Å². The predicted molar refractivity (Wildman–Crippen MR) is 112 cm³/mol. The van der Waals surface area contributed by atoms with Crippen LogP contribution in [0.2, 0.25) is 5.02 Å². The van der Waals surface area contributed by atoms with E-state index in [0.717, 1.165) is 11.1 Å². The molecule has 3 rings (SSSR count). The SMILES string of the molecule is COc1ccc(-c2nonc2NC(=O)[C@H](C)Oc2cc(C)c(Cl)c(C)c2)cc1OC. The first kappa shape index (κ1) is 21.4. The molecule has 0 bridgehead atoms. The van der Waals surface area contributed by atoms with Crippen molar-refractivity contribution in [3.63, 3.8) is 0 Å². The van der Waals surface area contributed by atoms with Gasteiger partial charge in [0.05, 0.1) is 14.2 Å². The minimum Gasteiger partial charge on any atom is -0.493 e. The molecule has 0 aliphatic rings. The fourth-order valence-corrected chi connectivity index (χ4v) is 3.00. The number of ether oxygens (including phenoxy) is 3. The molecule has 0 aliphatic heterocycles. The van der Waals surface area contributed by atoms with Gasteiger partial charge < -0.3 is 19.5 Å². The summed E-state index contributed by atoms with van der Waals surface area (Å²) in [4.78, 5) is 12.6. The minimum absolute atomic E-state index is 0.172. The van der Waals surface area contributed by atoms with Crippen LogP contribution in [-0.4, -0.2) is 36.5 Å². The van der Waals surface area contributed by atoms with Crippen LogP contribution in [0.5, 0.6) is 17.2 Å². The maximum absolute atomic E-state index is 12.6. The first-order valence-electron chi connectivity index (χ1n) is 9.13. The standard InChI is InChI=1S/C21H22ClN3O5/c1-11-8-15(9-12(2)18(11)22)29-13(3)21(26)23-20-19(24-30-25-20)14-6-7-16(27-4)17(10-14)28-5/h6-10,13H,1-5H3,(H,23,25,26)/t13-/m0/s1. The Balaban J connectivity index is 1.76. The van der Waals surface area contributed by atoms with Gasteiger partial charge in [0, 0.05) is 10.6 Å². The molecule has 1 amide bonds. The summed E-state index contributed by atoms with van der Waals surface area (Å²) in [6.07, 6.45) is -0.792. The van der Waals surface area contributed by atoms with Crippen LogP contribution in [0.15, 0.2) is 35.0 Å². The first-order valence-corrected chi connectivity index (χ1v) is 9.51. The minimum atomic E-state index is -0.792. The van der Waals surface area contributed by atoms with Crippen molar-refractivity contribution in [2.24, 2.45) is 0 Å². The average Bonchev–Trinajstić information content (AvgIpc) is 3.19. The molecule has 1 atom stereocenters. The van der Waals surface area contributed by atoms with Gasteiger partial charge in [-0.2, -0.15) is 0 Å². The van der Waals surface area contributed by atoms with Crippen molar-refractivity contribution in [2.45, 2.75) is 26.9 Å². The second-order valence-electron chi connectivity index (χ2n) is 6.65. The van der Waals surface area contributed by atoms with Crippen LogP contribution < -0.4 is 19.5 Å². The van der Waals surface area contributed by atoms with Crippen LogP contribution in [0.1, 0.15) is 18.1 Å². The third-order valence-electron chi connectivity index (χ3n) is 4.48. The Morgan fingerprint density at radius 1 is 1.07 bits per heavy atom. The molecule has 0 spiro atoms. The van der Waals surface area contributed by atoms with Gasteiger partial charge in [0.25, 0.3) is 5.91 Å². The smallest absolute Gasteiger partial charge is 0.266 e. The molecule has 158 valence electrons. The molecule has 30 heavy (non-hydrogen) atoms. The second-order valence-corrected chi connectivity index (χ2v) is 7.03. The van der Waals surface area contributed by atoms with Gasteiger partial charge in [0.15, 0.2) is 23.3 Å². The number of anilines is 1. The highest BCUT2D eigenvalue weighted by molar-refractivity contribution is 6.32. The van der Waals surface area contributed by atoms with E-state index in [1.54, 1.807) is 44.4 Å².